The number of anilines is 1. The number of para-hydroxylation sites is 1. The summed E-state index contributed by atoms with van der Waals surface area (Å²) in [6.07, 6.45) is 0.464. The van der Waals surface area contributed by atoms with E-state index in [4.69, 9.17) is 5.10 Å². The molecule has 0 spiro atoms. The van der Waals surface area contributed by atoms with Gasteiger partial charge in [-0.2, -0.15) is 5.10 Å². The second kappa shape index (κ2) is 9.68. The van der Waals surface area contributed by atoms with Gasteiger partial charge in [-0.15, -0.1) is 0 Å². The van der Waals surface area contributed by atoms with Crippen LogP contribution in [0.2, 0.25) is 0 Å². The average molecular weight is 431 g/mol. The predicted octanol–water partition coefficient (Wildman–Crippen LogP) is 3.34. The van der Waals surface area contributed by atoms with Crippen molar-refractivity contribution in [1.82, 2.24) is 20.4 Å². The number of hydrogen-bond acceptors (Lipinski definition) is 3. The Hall–Kier alpha value is -3.61. The Bertz CT molecular complexity index is 1120. The van der Waals surface area contributed by atoms with Gasteiger partial charge in [-0.05, 0) is 31.0 Å². The van der Waals surface area contributed by atoms with Crippen molar-refractivity contribution in [3.05, 3.63) is 82.7 Å². The lowest BCUT2D eigenvalue weighted by Crippen LogP contribution is -2.40. The van der Waals surface area contributed by atoms with Gasteiger partial charge in [-0.1, -0.05) is 48.5 Å². The number of carbonyl (C=O) groups is 1. The Balaban J connectivity index is 1.38. The molecule has 2 heterocycles. The first-order valence-electron chi connectivity index (χ1n) is 10.9. The van der Waals surface area contributed by atoms with Gasteiger partial charge in [0.2, 0.25) is 5.91 Å². The molecule has 1 unspecified atom stereocenters. The summed E-state index contributed by atoms with van der Waals surface area (Å²) in [5, 5.41) is 14.5. The average Bonchev–Trinajstić information content (AvgIpc) is 3.06. The molecule has 0 fully saturated rings. The first-order chi connectivity index (χ1) is 15.5. The fourth-order valence-electron chi connectivity index (χ4n) is 4.20. The molecule has 0 bridgehead atoms. The summed E-state index contributed by atoms with van der Waals surface area (Å²) >= 11 is 0. The van der Waals surface area contributed by atoms with Crippen LogP contribution in [0.3, 0.4) is 0 Å². The van der Waals surface area contributed by atoms with Crippen LogP contribution in [0.1, 0.15) is 40.4 Å². The fraction of sp³-hybridized carbons (Fsp3) is 0.320. The molecule has 0 radical (unpaired) electrons. The molecule has 1 atom stereocenters. The number of aliphatic imine (C=N–C) groups is 1. The van der Waals surface area contributed by atoms with E-state index in [0.717, 1.165) is 29.2 Å². The third-order valence-corrected chi connectivity index (χ3v) is 5.99. The van der Waals surface area contributed by atoms with Gasteiger partial charge in [-0.25, -0.2) is 0 Å². The quantitative estimate of drug-likeness (QED) is 0.414. The number of nitrogens with zero attached hydrogens (tertiary/aromatic N) is 3. The molecule has 32 heavy (non-hydrogen) atoms. The van der Waals surface area contributed by atoms with Crippen LogP contribution in [0.15, 0.2) is 59.6 Å². The third-order valence-electron chi connectivity index (χ3n) is 5.99. The first kappa shape index (κ1) is 21.6. The number of amides is 1. The van der Waals surface area contributed by atoms with Gasteiger partial charge >= 0.3 is 0 Å². The van der Waals surface area contributed by atoms with Gasteiger partial charge in [0.05, 0.1) is 12.2 Å². The lowest BCUT2D eigenvalue weighted by Gasteiger charge is -2.26. The summed E-state index contributed by atoms with van der Waals surface area (Å²) in [6, 6.07) is 18.3. The minimum Gasteiger partial charge on any atom is -0.356 e. The molecule has 7 heteroatoms. The standard InChI is InChI=1S/C25H30N6O/c1-17-22(18(2)31(30-17)16-19-9-5-4-6-10-19)15-28-25(26-3)27-14-20-13-24(32)29-23-12-8-7-11-21(20)23/h4-12,20H,13-16H2,1-3H3,(H,29,32)(H2,26,27,28). The summed E-state index contributed by atoms with van der Waals surface area (Å²) in [4.78, 5) is 16.4. The number of carbonyl (C=O) groups excluding carboxylic acids is 1. The van der Waals surface area contributed by atoms with Crippen LogP contribution in [0.5, 0.6) is 0 Å². The number of benzene rings is 2. The zero-order chi connectivity index (χ0) is 22.5. The van der Waals surface area contributed by atoms with Gasteiger partial charge < -0.3 is 16.0 Å². The zero-order valence-corrected chi connectivity index (χ0v) is 18.9. The Morgan fingerprint density at radius 1 is 1.12 bits per heavy atom. The Kier molecular flexibility index (Phi) is 6.54. The molecular weight excluding hydrogens is 400 g/mol. The monoisotopic (exact) mass is 430 g/mol. The van der Waals surface area contributed by atoms with Crippen LogP contribution in [0.4, 0.5) is 5.69 Å². The highest BCUT2D eigenvalue weighted by atomic mass is 16.1. The van der Waals surface area contributed by atoms with Crippen molar-refractivity contribution in [2.75, 3.05) is 18.9 Å². The minimum atomic E-state index is 0.0514. The minimum absolute atomic E-state index is 0.0514. The summed E-state index contributed by atoms with van der Waals surface area (Å²) in [5.74, 6) is 0.870. The summed E-state index contributed by atoms with van der Waals surface area (Å²) in [7, 11) is 1.76. The third kappa shape index (κ3) is 4.82. The highest BCUT2D eigenvalue weighted by molar-refractivity contribution is 5.94. The van der Waals surface area contributed by atoms with Crippen molar-refractivity contribution in [3.8, 4) is 0 Å². The number of nitrogens with one attached hydrogen (secondary N) is 3. The zero-order valence-electron chi connectivity index (χ0n) is 18.9. The molecule has 3 aromatic rings. The first-order valence-corrected chi connectivity index (χ1v) is 10.9. The van der Waals surface area contributed by atoms with Crippen molar-refractivity contribution >= 4 is 17.6 Å². The van der Waals surface area contributed by atoms with Gasteiger partial charge in [0.15, 0.2) is 5.96 Å². The smallest absolute Gasteiger partial charge is 0.225 e. The molecule has 0 aliphatic carbocycles. The van der Waals surface area contributed by atoms with Gasteiger partial charge in [0.25, 0.3) is 0 Å². The largest absolute Gasteiger partial charge is 0.356 e. The Morgan fingerprint density at radius 2 is 1.88 bits per heavy atom. The van der Waals surface area contributed by atoms with Crippen LogP contribution in [-0.2, 0) is 17.9 Å². The van der Waals surface area contributed by atoms with E-state index >= 15 is 0 Å². The number of rotatable bonds is 6. The maximum Gasteiger partial charge on any atom is 0.225 e. The normalized spacial score (nSPS) is 15.8. The molecule has 0 saturated heterocycles. The van der Waals surface area contributed by atoms with Crippen molar-refractivity contribution < 1.29 is 4.79 Å². The van der Waals surface area contributed by atoms with Gasteiger partial charge in [0.1, 0.15) is 0 Å². The van der Waals surface area contributed by atoms with E-state index in [9.17, 15) is 4.79 Å². The molecule has 0 saturated carbocycles. The second-order valence-corrected chi connectivity index (χ2v) is 8.14. The number of aromatic nitrogens is 2. The topological polar surface area (TPSA) is 83.3 Å². The summed E-state index contributed by atoms with van der Waals surface area (Å²) in [5.41, 5.74) is 6.61. The molecule has 3 N–H and O–H groups in total. The summed E-state index contributed by atoms with van der Waals surface area (Å²) in [6.45, 7) is 6.17. The fourth-order valence-corrected chi connectivity index (χ4v) is 4.20. The summed E-state index contributed by atoms with van der Waals surface area (Å²) < 4.78 is 2.05. The molecule has 1 amide bonds. The second-order valence-electron chi connectivity index (χ2n) is 8.14. The number of fused-ring (bicyclic) bond motifs is 1. The van der Waals surface area contributed by atoms with E-state index < -0.39 is 0 Å². The number of aryl methyl sites for hydroxylation is 1. The Morgan fingerprint density at radius 3 is 2.66 bits per heavy atom. The maximum atomic E-state index is 12.1. The molecule has 1 aromatic heterocycles. The van der Waals surface area contributed by atoms with E-state index in [1.165, 1.54) is 11.1 Å². The SMILES string of the molecule is CN=C(NCc1c(C)nn(Cc2ccccc2)c1C)NCC1CC(=O)Nc2ccccc21. The molecule has 166 valence electrons. The predicted molar refractivity (Wildman–Crippen MR) is 128 cm³/mol. The molecule has 7 nitrogen and oxygen atoms in total. The van der Waals surface area contributed by atoms with E-state index in [1.54, 1.807) is 7.05 Å². The lowest BCUT2D eigenvalue weighted by molar-refractivity contribution is -0.116. The van der Waals surface area contributed by atoms with Crippen LogP contribution in [-0.4, -0.2) is 35.2 Å². The van der Waals surface area contributed by atoms with Crippen LogP contribution in [0.25, 0.3) is 0 Å². The van der Waals surface area contributed by atoms with Gasteiger partial charge in [-0.3, -0.25) is 14.5 Å². The van der Waals surface area contributed by atoms with Crippen molar-refractivity contribution in [2.45, 2.75) is 39.3 Å². The molecule has 2 aromatic carbocycles. The van der Waals surface area contributed by atoms with E-state index in [-0.39, 0.29) is 11.8 Å². The maximum absolute atomic E-state index is 12.1. The van der Waals surface area contributed by atoms with E-state index in [0.29, 0.717) is 25.5 Å². The van der Waals surface area contributed by atoms with E-state index in [2.05, 4.69) is 50.7 Å². The van der Waals surface area contributed by atoms with Crippen LogP contribution >= 0.6 is 0 Å². The Labute approximate surface area is 189 Å². The van der Waals surface area contributed by atoms with Crippen molar-refractivity contribution in [3.63, 3.8) is 0 Å². The number of hydrogen-bond donors (Lipinski definition) is 3. The highest BCUT2D eigenvalue weighted by Crippen LogP contribution is 2.31. The molecule has 4 rings (SSSR count). The van der Waals surface area contributed by atoms with E-state index in [1.807, 2.05) is 43.3 Å². The number of guanidine groups is 1. The molecule has 1 aliphatic heterocycles. The molecular formula is C25H30N6O. The van der Waals surface area contributed by atoms with Crippen molar-refractivity contribution in [1.29, 1.82) is 0 Å². The van der Waals surface area contributed by atoms with Gasteiger partial charge in [0, 0.05) is 49.4 Å². The molecule has 1 aliphatic rings. The lowest BCUT2D eigenvalue weighted by atomic mass is 9.90. The van der Waals surface area contributed by atoms with Crippen LogP contribution in [0, 0.1) is 13.8 Å². The highest BCUT2D eigenvalue weighted by Gasteiger charge is 2.24. The van der Waals surface area contributed by atoms with Crippen LogP contribution < -0.4 is 16.0 Å². The van der Waals surface area contributed by atoms with Crippen molar-refractivity contribution in [2.24, 2.45) is 4.99 Å².